The SMILES string of the molecule is COCCOCCOp1[nH]pn[pH][nH][pH][nH]1. The molecule has 0 saturated carbocycles. The van der Waals surface area contributed by atoms with Crippen LogP contribution in [0.2, 0.25) is 0 Å². The molecule has 0 aliphatic heterocycles. The Balaban J connectivity index is 2.19. The van der Waals surface area contributed by atoms with Crippen molar-refractivity contribution in [2.75, 3.05) is 33.5 Å². The molecule has 0 saturated heterocycles. The fourth-order valence-electron chi connectivity index (χ4n) is 0.738. The van der Waals surface area contributed by atoms with Crippen LogP contribution in [-0.4, -0.2) is 51.6 Å². The second-order valence-corrected chi connectivity index (χ2v) is 7.52. The number of hydrogen-bond acceptors (Lipinski definition) is 4. The first kappa shape index (κ1) is 14.3. The van der Waals surface area contributed by atoms with E-state index in [1.165, 1.54) is 0 Å². The predicted molar refractivity (Wildman–Crippen MR) is 70.9 cm³/mol. The Bertz CT molecular complexity index is 301. The van der Waals surface area contributed by atoms with Crippen molar-refractivity contribution in [2.24, 2.45) is 0 Å². The molecule has 0 bridgehead atoms. The van der Waals surface area contributed by atoms with Crippen LogP contribution in [0.25, 0.3) is 0 Å². The molecule has 0 amide bonds. The number of ether oxygens (including phenoxy) is 2. The normalized spacial score (nSPS) is 12.7. The Kier molecular flexibility index (Phi) is 9.35. The Morgan fingerprint density at radius 3 is 3.06 bits per heavy atom. The number of aromatic amines is 3. The van der Waals surface area contributed by atoms with Gasteiger partial charge in [-0.2, -0.15) is 4.51 Å². The molecule has 16 heavy (non-hydrogen) atoms. The first-order valence-electron chi connectivity index (χ1n) is 4.59. The van der Waals surface area contributed by atoms with Gasteiger partial charge in [0.15, 0.2) is 8.08 Å². The highest BCUT2D eigenvalue weighted by atomic mass is 31.2. The summed E-state index contributed by atoms with van der Waals surface area (Å²) in [6, 6.07) is 0. The topological polar surface area (TPSA) is 87.9 Å². The average molecular weight is 304 g/mol. The summed E-state index contributed by atoms with van der Waals surface area (Å²) in [6.45, 7) is 2.38. The Hall–Kier alpha value is 0.280. The van der Waals surface area contributed by atoms with Crippen molar-refractivity contribution < 1.29 is 14.0 Å². The van der Waals surface area contributed by atoms with Gasteiger partial charge >= 0.3 is 0 Å². The molecule has 7 nitrogen and oxygen atoms in total. The summed E-state index contributed by atoms with van der Waals surface area (Å²) in [5.74, 6) is 0. The summed E-state index contributed by atoms with van der Waals surface area (Å²) in [4.78, 5) is 0. The molecule has 3 atom stereocenters. The van der Waals surface area contributed by atoms with Gasteiger partial charge < -0.3 is 18.5 Å². The van der Waals surface area contributed by atoms with E-state index in [1.54, 1.807) is 7.11 Å². The second kappa shape index (κ2) is 10.4. The molecule has 1 rings (SSSR count). The summed E-state index contributed by atoms with van der Waals surface area (Å²) in [7, 11) is 2.63. The molecule has 0 aliphatic carbocycles. The van der Waals surface area contributed by atoms with Gasteiger partial charge in [-0.3, -0.25) is 9.02 Å². The molecule has 1 heterocycles. The van der Waals surface area contributed by atoms with Crippen molar-refractivity contribution in [3.63, 3.8) is 0 Å². The monoisotopic (exact) mass is 304 g/mol. The molecule has 11 heteroatoms. The maximum atomic E-state index is 5.58. The van der Waals surface area contributed by atoms with Crippen LogP contribution in [0.1, 0.15) is 0 Å². The van der Waals surface area contributed by atoms with E-state index in [4.69, 9.17) is 14.0 Å². The van der Waals surface area contributed by atoms with Crippen molar-refractivity contribution in [3.05, 3.63) is 0 Å². The molecule has 3 N–H and O–H groups in total. The molecular formula is C5H16N4O3P4. The van der Waals surface area contributed by atoms with Gasteiger partial charge in [-0.05, 0) is 0 Å². The summed E-state index contributed by atoms with van der Waals surface area (Å²) < 4.78 is 29.5. The fourth-order valence-corrected chi connectivity index (χ4v) is 5.25. The lowest BCUT2D eigenvalue weighted by Gasteiger charge is -2.04. The fraction of sp³-hybridized carbons (Fsp3) is 1.00. The lowest BCUT2D eigenvalue weighted by molar-refractivity contribution is 0.0609. The molecule has 1 aromatic rings. The van der Waals surface area contributed by atoms with Crippen molar-refractivity contribution >= 4 is 33.6 Å². The number of rotatable bonds is 7. The van der Waals surface area contributed by atoms with Crippen LogP contribution in [0.4, 0.5) is 0 Å². The molecule has 94 valence electrons. The molecular weight excluding hydrogens is 288 g/mol. The van der Waals surface area contributed by atoms with Gasteiger partial charge in [-0.15, -0.1) is 0 Å². The first-order chi connectivity index (χ1) is 7.93. The van der Waals surface area contributed by atoms with Crippen molar-refractivity contribution in [1.82, 2.24) is 18.0 Å². The number of hydrogen-bond donors (Lipinski definition) is 3. The zero-order valence-corrected chi connectivity index (χ0v) is 12.7. The maximum Gasteiger partial charge on any atom is 0.178 e. The minimum Gasteiger partial charge on any atom is -0.382 e. The first-order valence-corrected chi connectivity index (χ1v) is 8.64. The number of aromatic nitrogens is 4. The summed E-state index contributed by atoms with van der Waals surface area (Å²) in [5, 5.41) is 0. The second-order valence-electron chi connectivity index (χ2n) is 2.51. The minimum atomic E-state index is -0.803. The lowest BCUT2D eigenvalue weighted by Crippen LogP contribution is -2.09. The number of methoxy groups -OCH3 is 1. The van der Waals surface area contributed by atoms with Gasteiger partial charge in [0.2, 0.25) is 0 Å². The highest BCUT2D eigenvalue weighted by molar-refractivity contribution is 7.49. The van der Waals surface area contributed by atoms with Crippen LogP contribution in [0.3, 0.4) is 0 Å². The summed E-state index contributed by atoms with van der Waals surface area (Å²) in [6.07, 6.45) is 0. The molecule has 0 spiro atoms. The number of nitrogens with one attached hydrogen (secondary N) is 3. The van der Waals surface area contributed by atoms with Crippen molar-refractivity contribution in [1.29, 1.82) is 0 Å². The average Bonchev–Trinajstić information content (AvgIpc) is 2.25. The summed E-state index contributed by atoms with van der Waals surface area (Å²) in [5.41, 5.74) is 0. The van der Waals surface area contributed by atoms with E-state index in [1.807, 2.05) is 0 Å². The highest BCUT2D eigenvalue weighted by Gasteiger charge is 1.91. The number of H-pyrrole nitrogens is 3. The molecule has 3 unspecified atom stereocenters. The van der Waals surface area contributed by atoms with E-state index in [2.05, 4.69) is 18.0 Å². The molecule has 1 aromatic heterocycles. The molecule has 0 fully saturated rings. The van der Waals surface area contributed by atoms with Gasteiger partial charge in [-0.25, -0.2) is 0 Å². The third kappa shape index (κ3) is 7.54. The van der Waals surface area contributed by atoms with Crippen LogP contribution in [-0.2, 0) is 9.47 Å². The Morgan fingerprint density at radius 1 is 1.31 bits per heavy atom. The highest BCUT2D eigenvalue weighted by Crippen LogP contribution is 2.16. The predicted octanol–water partition coefficient (Wildman–Crippen LogP) is 2.04. The standard InChI is InChI=1S/C5H16N4O3P4/c1-10-2-3-11-4-5-12-16-8-14-6-13-7-15-9-16/h6,8,13-14H,2-5H2,1H3,(H,7,9). The largest absolute Gasteiger partial charge is 0.382 e. The van der Waals surface area contributed by atoms with Crippen LogP contribution in [0.15, 0.2) is 0 Å². The third-order valence-corrected chi connectivity index (χ3v) is 5.92. The van der Waals surface area contributed by atoms with Gasteiger partial charge in [-0.1, -0.05) is 0 Å². The Morgan fingerprint density at radius 2 is 2.19 bits per heavy atom. The van der Waals surface area contributed by atoms with Gasteiger partial charge in [0.25, 0.3) is 0 Å². The van der Waals surface area contributed by atoms with Crippen LogP contribution >= 0.6 is 33.6 Å². The smallest absolute Gasteiger partial charge is 0.178 e. The zero-order chi connectivity index (χ0) is 11.5. The minimum absolute atomic E-state index is 0.448. The van der Waals surface area contributed by atoms with Gasteiger partial charge in [0, 0.05) is 24.1 Å². The number of nitrogens with zero attached hydrogens (tertiary/aromatic N) is 1. The Labute approximate surface area is 99.6 Å². The van der Waals surface area contributed by atoms with Crippen LogP contribution < -0.4 is 4.52 Å². The van der Waals surface area contributed by atoms with Crippen LogP contribution in [0.5, 0.6) is 0 Å². The summed E-state index contributed by atoms with van der Waals surface area (Å²) >= 11 is 0. The molecule has 0 aliphatic rings. The van der Waals surface area contributed by atoms with E-state index >= 15 is 0 Å². The lowest BCUT2D eigenvalue weighted by atomic mass is 10.7. The zero-order valence-electron chi connectivity index (χ0n) is 8.89. The van der Waals surface area contributed by atoms with E-state index < -0.39 is 8.08 Å². The quantitative estimate of drug-likeness (QED) is 0.673. The van der Waals surface area contributed by atoms with E-state index in [9.17, 15) is 0 Å². The van der Waals surface area contributed by atoms with Crippen LogP contribution in [0, 0.1) is 0 Å². The molecule has 0 aromatic carbocycles. The van der Waals surface area contributed by atoms with Gasteiger partial charge in [0.05, 0.1) is 26.4 Å². The van der Waals surface area contributed by atoms with Gasteiger partial charge in [0.1, 0.15) is 8.51 Å². The maximum absolute atomic E-state index is 5.58. The van der Waals surface area contributed by atoms with E-state index in [0.29, 0.717) is 43.4 Å². The van der Waals surface area contributed by atoms with E-state index in [0.717, 1.165) is 8.51 Å². The van der Waals surface area contributed by atoms with Crippen molar-refractivity contribution in [2.45, 2.75) is 0 Å². The van der Waals surface area contributed by atoms with E-state index in [-0.39, 0.29) is 0 Å². The molecule has 0 radical (unpaired) electrons. The van der Waals surface area contributed by atoms with Crippen molar-refractivity contribution in [3.8, 4) is 0 Å². The third-order valence-electron chi connectivity index (χ3n) is 1.39.